The average Bonchev–Trinajstić information content (AvgIpc) is 2.51. The van der Waals surface area contributed by atoms with Gasteiger partial charge in [-0.25, -0.2) is 0 Å². The summed E-state index contributed by atoms with van der Waals surface area (Å²) in [6.07, 6.45) is 0. The first kappa shape index (κ1) is 26.4. The Morgan fingerprint density at radius 2 is 0.800 bits per heavy atom. The van der Waals surface area contributed by atoms with Crippen molar-refractivity contribution >= 4 is 7.81 Å². The molecule has 2 N–H and O–H groups in total. The molecule has 0 radical (unpaired) electrons. The van der Waals surface area contributed by atoms with E-state index in [2.05, 4.69) is 95.4 Å². The second kappa shape index (κ2) is 8.16. The van der Waals surface area contributed by atoms with E-state index < -0.39 is 7.81 Å². The molecule has 2 aromatic carbocycles. The predicted molar refractivity (Wildman–Crippen MR) is 113 cm³/mol. The molecule has 1 nitrogen and oxygen atoms in total. The molecule has 8 heteroatoms. The zero-order valence-corrected chi connectivity index (χ0v) is 19.2. The molecule has 0 saturated carbocycles. The van der Waals surface area contributed by atoms with Crippen LogP contribution in [0.4, 0.5) is 25.2 Å². The summed E-state index contributed by atoms with van der Waals surface area (Å²) in [5, 5.41) is 2.37. The zero-order valence-electron chi connectivity index (χ0n) is 18.3. The molecule has 0 aliphatic heterocycles. The first-order valence-corrected chi connectivity index (χ1v) is 11.7. The van der Waals surface area contributed by atoms with Gasteiger partial charge in [-0.2, -0.15) is 0 Å². The van der Waals surface area contributed by atoms with Crippen LogP contribution in [-0.4, -0.2) is 0 Å². The van der Waals surface area contributed by atoms with E-state index in [1.54, 1.807) is 0 Å². The molecule has 0 heterocycles. The first-order valence-electron chi connectivity index (χ1n) is 9.68. The summed E-state index contributed by atoms with van der Waals surface area (Å²) in [4.78, 5) is 0. The Labute approximate surface area is 175 Å². The third-order valence-electron chi connectivity index (χ3n) is 4.40. The molecule has 0 atom stereocenters. The maximum atomic E-state index is 9.87. The molecule has 30 heavy (non-hydrogen) atoms. The summed E-state index contributed by atoms with van der Waals surface area (Å²) in [6.45, 7) is 15.6. The monoisotopic (exact) mass is 455 g/mol. The zero-order chi connectivity index (χ0) is 23.5. The van der Waals surface area contributed by atoms with Crippen molar-refractivity contribution in [3.8, 4) is 0 Å². The van der Waals surface area contributed by atoms with Crippen LogP contribution >= 0.6 is 7.81 Å². The minimum atomic E-state index is -10.7. The fourth-order valence-corrected chi connectivity index (χ4v) is 2.69. The molecule has 0 spiro atoms. The summed E-state index contributed by atoms with van der Waals surface area (Å²) >= 11 is 0. The van der Waals surface area contributed by atoms with Crippen molar-refractivity contribution in [3.05, 3.63) is 70.8 Å². The molecule has 0 unspecified atom stereocenters. The van der Waals surface area contributed by atoms with Crippen molar-refractivity contribution in [2.75, 3.05) is 0 Å². The summed E-state index contributed by atoms with van der Waals surface area (Å²) in [5.74, 6) is 0. The fourth-order valence-electron chi connectivity index (χ4n) is 2.69. The van der Waals surface area contributed by atoms with Gasteiger partial charge in [-0.05, 0) is 22.0 Å². The van der Waals surface area contributed by atoms with Crippen LogP contribution in [0.25, 0.3) is 0 Å². The Morgan fingerprint density at radius 3 is 1.00 bits per heavy atom. The van der Waals surface area contributed by atoms with Crippen molar-refractivity contribution < 1.29 is 30.5 Å². The van der Waals surface area contributed by atoms with Crippen LogP contribution < -0.4 is 5.32 Å². The molecule has 2 rings (SSSR count). The van der Waals surface area contributed by atoms with Crippen LogP contribution in [-0.2, 0) is 23.9 Å². The van der Waals surface area contributed by atoms with Gasteiger partial charge in [-0.1, -0.05) is 90.1 Å². The SMILES string of the molecule is CC(C)(C)c1ccc(C[NH2+]Cc2ccc(C(C)(C)C)cc2)cc1.F[P-](F)(F)(F)(F)F. The Balaban J connectivity index is 0.000000553. The number of rotatable bonds is 4. The predicted octanol–water partition coefficient (Wildman–Crippen LogP) is 7.93. The number of nitrogens with two attached hydrogens (primary N) is 1. The second-order valence-corrected chi connectivity index (χ2v) is 11.5. The number of quaternary nitrogens is 1. The molecular formula is C22H32F6NP. The Kier molecular flexibility index (Phi) is 7.19. The molecular weight excluding hydrogens is 423 g/mol. The van der Waals surface area contributed by atoms with Gasteiger partial charge in [0.2, 0.25) is 0 Å². The van der Waals surface area contributed by atoms with E-state index in [-0.39, 0.29) is 10.8 Å². The molecule has 0 saturated heterocycles. The molecule has 0 fully saturated rings. The van der Waals surface area contributed by atoms with Gasteiger partial charge in [0.1, 0.15) is 13.1 Å². The Bertz CT molecular complexity index is 743. The summed E-state index contributed by atoms with van der Waals surface area (Å²) in [6, 6.07) is 18.1. The number of hydrogen-bond acceptors (Lipinski definition) is 0. The van der Waals surface area contributed by atoms with Gasteiger partial charge in [0.15, 0.2) is 0 Å². The number of halogens is 6. The third-order valence-corrected chi connectivity index (χ3v) is 4.40. The first-order chi connectivity index (χ1) is 13.1. The molecule has 2 aromatic rings. The van der Waals surface area contributed by atoms with Gasteiger partial charge >= 0.3 is 33.0 Å². The maximum absolute atomic E-state index is 10.7. The van der Waals surface area contributed by atoms with Crippen LogP contribution in [0, 0.1) is 0 Å². The quantitative estimate of drug-likeness (QED) is 0.356. The van der Waals surface area contributed by atoms with E-state index in [0.29, 0.717) is 0 Å². The molecule has 0 aromatic heterocycles. The summed E-state index contributed by atoms with van der Waals surface area (Å²) in [5.41, 5.74) is 6.06. The molecule has 0 bridgehead atoms. The van der Waals surface area contributed by atoms with Gasteiger partial charge in [-0.15, -0.1) is 0 Å². The van der Waals surface area contributed by atoms with E-state index in [1.807, 2.05) is 0 Å². The van der Waals surface area contributed by atoms with E-state index >= 15 is 0 Å². The van der Waals surface area contributed by atoms with Crippen LogP contribution in [0.5, 0.6) is 0 Å². The fraction of sp³-hybridized carbons (Fsp3) is 0.455. The summed E-state index contributed by atoms with van der Waals surface area (Å²) < 4.78 is 59.2. The molecule has 0 aliphatic carbocycles. The van der Waals surface area contributed by atoms with Gasteiger partial charge in [0.25, 0.3) is 0 Å². The van der Waals surface area contributed by atoms with E-state index in [0.717, 1.165) is 13.1 Å². The third kappa shape index (κ3) is 12.9. The average molecular weight is 455 g/mol. The Hall–Kier alpha value is -1.59. The van der Waals surface area contributed by atoms with Crippen LogP contribution in [0.3, 0.4) is 0 Å². The van der Waals surface area contributed by atoms with Gasteiger partial charge in [0.05, 0.1) is 0 Å². The van der Waals surface area contributed by atoms with Crippen molar-refractivity contribution in [2.24, 2.45) is 0 Å². The van der Waals surface area contributed by atoms with Crippen molar-refractivity contribution in [1.82, 2.24) is 0 Å². The van der Waals surface area contributed by atoms with E-state index in [1.165, 1.54) is 22.3 Å². The minimum absolute atomic E-state index is 0.233. The van der Waals surface area contributed by atoms with Crippen molar-refractivity contribution in [2.45, 2.75) is 65.5 Å². The molecule has 0 aliphatic rings. The van der Waals surface area contributed by atoms with Crippen molar-refractivity contribution in [3.63, 3.8) is 0 Å². The molecule has 0 amide bonds. The van der Waals surface area contributed by atoms with Gasteiger partial charge in [-0.3, -0.25) is 0 Å². The topological polar surface area (TPSA) is 16.6 Å². The second-order valence-electron chi connectivity index (χ2n) is 9.55. The van der Waals surface area contributed by atoms with Crippen LogP contribution in [0.1, 0.15) is 63.8 Å². The Morgan fingerprint density at radius 1 is 0.567 bits per heavy atom. The van der Waals surface area contributed by atoms with Gasteiger partial charge in [0, 0.05) is 11.1 Å². The molecule has 172 valence electrons. The van der Waals surface area contributed by atoms with E-state index in [9.17, 15) is 25.2 Å². The van der Waals surface area contributed by atoms with Gasteiger partial charge < -0.3 is 5.32 Å². The standard InChI is InChI=1S/C22H31N.F6P/c1-21(2,3)19-11-7-17(8-12-19)15-23-16-18-9-13-20(14-10-18)22(4,5)6;1-7(2,3,4,5)6/h7-14,23H,15-16H2,1-6H3;/q;-1/p+1. The normalized spacial score (nSPS) is 14.9. The van der Waals surface area contributed by atoms with Crippen LogP contribution in [0.2, 0.25) is 0 Å². The summed E-state index contributed by atoms with van der Waals surface area (Å²) in [7, 11) is -10.7. The van der Waals surface area contributed by atoms with Crippen LogP contribution in [0.15, 0.2) is 48.5 Å². The number of hydrogen-bond donors (Lipinski definition) is 1. The van der Waals surface area contributed by atoms with E-state index in [4.69, 9.17) is 0 Å². The van der Waals surface area contributed by atoms with Crippen molar-refractivity contribution in [1.29, 1.82) is 0 Å². The number of benzene rings is 2.